The van der Waals surface area contributed by atoms with E-state index in [-0.39, 0.29) is 31.3 Å². The van der Waals surface area contributed by atoms with Gasteiger partial charge in [0.05, 0.1) is 38.1 Å². The highest BCUT2D eigenvalue weighted by Crippen LogP contribution is 2.45. The Hall–Kier alpha value is -0.763. The zero-order valence-electron chi connectivity index (χ0n) is 20.5. The molecule has 1 aromatic carbocycles. The molecule has 178 valence electrons. The van der Waals surface area contributed by atoms with Crippen LogP contribution in [0.25, 0.3) is 0 Å². The molecule has 6 heteroatoms. The maximum atomic E-state index is 10.8. The Balaban J connectivity index is 2.09. The van der Waals surface area contributed by atoms with E-state index in [0.717, 1.165) is 5.56 Å². The van der Waals surface area contributed by atoms with E-state index < -0.39 is 20.5 Å². The average molecular weight is 453 g/mol. The van der Waals surface area contributed by atoms with Crippen molar-refractivity contribution in [2.45, 2.75) is 103 Å². The minimum absolute atomic E-state index is 0.0430. The van der Waals surface area contributed by atoms with Gasteiger partial charge >= 0.3 is 0 Å². The van der Waals surface area contributed by atoms with Gasteiger partial charge in [0.25, 0.3) is 0 Å². The van der Waals surface area contributed by atoms with Crippen LogP contribution in [0.4, 0.5) is 0 Å². The van der Waals surface area contributed by atoms with Gasteiger partial charge in [-0.2, -0.15) is 0 Å². The van der Waals surface area contributed by atoms with Gasteiger partial charge in [-0.05, 0) is 22.2 Å². The number of ether oxygens (including phenoxy) is 2. The Kier molecular flexibility index (Phi) is 10.2. The van der Waals surface area contributed by atoms with Gasteiger partial charge in [-0.3, -0.25) is 0 Å². The molecule has 1 saturated heterocycles. The summed E-state index contributed by atoms with van der Waals surface area (Å²) in [6.07, 6.45) is -0.935. The van der Waals surface area contributed by atoms with Crippen LogP contribution >= 0.6 is 0 Å². The molecule has 5 atom stereocenters. The molecule has 1 aliphatic heterocycles. The number of aliphatic hydroxyl groups is 2. The minimum Gasteiger partial charge on any atom is -0.413 e. The van der Waals surface area contributed by atoms with E-state index in [1.807, 2.05) is 30.3 Å². The third-order valence-electron chi connectivity index (χ3n) is 7.06. The molecule has 1 aliphatic rings. The Morgan fingerprint density at radius 3 is 2.13 bits per heavy atom. The van der Waals surface area contributed by atoms with E-state index >= 15 is 0 Å². The zero-order valence-corrected chi connectivity index (χ0v) is 21.5. The molecule has 2 N–H and O–H groups in total. The van der Waals surface area contributed by atoms with Crippen molar-refractivity contribution in [3.8, 4) is 0 Å². The van der Waals surface area contributed by atoms with Crippen LogP contribution < -0.4 is 0 Å². The van der Waals surface area contributed by atoms with E-state index in [1.54, 1.807) is 0 Å². The topological polar surface area (TPSA) is 68.2 Å². The molecule has 0 aromatic heterocycles. The van der Waals surface area contributed by atoms with Gasteiger partial charge in [-0.25, -0.2) is 0 Å². The molecule has 0 spiro atoms. The summed E-state index contributed by atoms with van der Waals surface area (Å²) in [4.78, 5) is 0. The molecule has 31 heavy (non-hydrogen) atoms. The highest BCUT2D eigenvalue weighted by atomic mass is 28.4. The maximum Gasteiger partial charge on any atom is 0.200 e. The van der Waals surface area contributed by atoms with Crippen LogP contribution in [0.5, 0.6) is 0 Å². The number of hydrogen-bond acceptors (Lipinski definition) is 5. The molecular weight excluding hydrogens is 408 g/mol. The second-order valence-electron chi connectivity index (χ2n) is 10.0. The monoisotopic (exact) mass is 452 g/mol. The Labute approximate surface area is 190 Å². The van der Waals surface area contributed by atoms with Crippen LogP contribution in [0, 0.1) is 5.92 Å². The zero-order chi connectivity index (χ0) is 23.2. The van der Waals surface area contributed by atoms with Crippen LogP contribution in [-0.4, -0.2) is 56.2 Å². The van der Waals surface area contributed by atoms with Gasteiger partial charge in [0.2, 0.25) is 8.32 Å². The van der Waals surface area contributed by atoms with Crippen LogP contribution in [0.3, 0.4) is 0 Å². The summed E-state index contributed by atoms with van der Waals surface area (Å²) in [7, 11) is -2.08. The van der Waals surface area contributed by atoms with Gasteiger partial charge in [-0.1, -0.05) is 78.8 Å². The molecule has 1 aromatic rings. The standard InChI is InChI=1S/C25H44O5Si/c1-17(2)31(18(3)4,19(5)6)30-23-13-24(29-25(14-26)20(23)7)22(27)16-28-15-21-11-9-8-10-12-21/h8-12,17-20,22-27H,13-16H2,1-7H3/t20-,22+,23+,24-,25-/m1/s1. The maximum absolute atomic E-state index is 10.8. The third-order valence-corrected chi connectivity index (χ3v) is 13.2. The van der Waals surface area contributed by atoms with Gasteiger partial charge in [-0.15, -0.1) is 0 Å². The van der Waals surface area contributed by atoms with E-state index in [4.69, 9.17) is 13.9 Å². The van der Waals surface area contributed by atoms with Crippen LogP contribution in [0.1, 0.15) is 60.5 Å². The van der Waals surface area contributed by atoms with Crippen molar-refractivity contribution in [1.29, 1.82) is 0 Å². The first-order chi connectivity index (χ1) is 14.6. The fraction of sp³-hybridized carbons (Fsp3) is 0.760. The molecule has 0 bridgehead atoms. The van der Waals surface area contributed by atoms with Gasteiger partial charge in [0, 0.05) is 12.3 Å². The van der Waals surface area contributed by atoms with E-state index in [1.165, 1.54) is 0 Å². The summed E-state index contributed by atoms with van der Waals surface area (Å²) in [5.41, 5.74) is 2.51. The molecule has 1 heterocycles. The summed E-state index contributed by atoms with van der Waals surface area (Å²) in [5, 5.41) is 20.8. The van der Waals surface area contributed by atoms with Crippen LogP contribution in [0.2, 0.25) is 16.6 Å². The SMILES string of the molecule is CC(C)[Si](O[C@H]1C[C@H]([C@@H](O)COCc2ccccc2)O[C@H](CO)[C@@H]1C)(C(C)C)C(C)C. The molecule has 0 unspecified atom stereocenters. The first-order valence-electron chi connectivity index (χ1n) is 11.9. The largest absolute Gasteiger partial charge is 0.413 e. The van der Waals surface area contributed by atoms with E-state index in [2.05, 4.69) is 48.5 Å². The van der Waals surface area contributed by atoms with Crippen molar-refractivity contribution < 1.29 is 24.1 Å². The average Bonchev–Trinajstić information content (AvgIpc) is 2.72. The molecule has 0 amide bonds. The molecule has 0 aliphatic carbocycles. The highest BCUT2D eigenvalue weighted by molar-refractivity contribution is 6.77. The molecule has 2 rings (SSSR count). The van der Waals surface area contributed by atoms with Crippen molar-refractivity contribution in [3.05, 3.63) is 35.9 Å². The van der Waals surface area contributed by atoms with Crippen molar-refractivity contribution in [2.24, 2.45) is 5.92 Å². The normalized spacial score (nSPS) is 26.1. The molecule has 5 nitrogen and oxygen atoms in total. The summed E-state index contributed by atoms with van der Waals surface area (Å²) in [6, 6.07) is 9.93. The quantitative estimate of drug-likeness (QED) is 0.467. The number of rotatable bonds is 11. The fourth-order valence-corrected chi connectivity index (χ4v) is 11.0. The van der Waals surface area contributed by atoms with Gasteiger partial charge in [0.15, 0.2) is 0 Å². The minimum atomic E-state index is -2.08. The summed E-state index contributed by atoms with van der Waals surface area (Å²) >= 11 is 0. The Bertz CT molecular complexity index is 614. The first kappa shape index (κ1) is 26.5. The first-order valence-corrected chi connectivity index (χ1v) is 14.0. The second-order valence-corrected chi connectivity index (χ2v) is 15.4. The molecule has 0 radical (unpaired) electrons. The third kappa shape index (κ3) is 6.40. The predicted molar refractivity (Wildman–Crippen MR) is 128 cm³/mol. The van der Waals surface area contributed by atoms with Gasteiger partial charge in [0.1, 0.15) is 6.10 Å². The number of aliphatic hydroxyl groups excluding tert-OH is 2. The lowest BCUT2D eigenvalue weighted by Gasteiger charge is -2.49. The second kappa shape index (κ2) is 11.9. The smallest absolute Gasteiger partial charge is 0.200 e. The van der Waals surface area contributed by atoms with E-state index in [9.17, 15) is 10.2 Å². The number of hydrogen-bond donors (Lipinski definition) is 2. The lowest BCUT2D eigenvalue weighted by atomic mass is 9.89. The van der Waals surface area contributed by atoms with Gasteiger partial charge < -0.3 is 24.1 Å². The molecule has 0 saturated carbocycles. The number of benzene rings is 1. The van der Waals surface area contributed by atoms with Crippen LogP contribution in [0.15, 0.2) is 30.3 Å². The predicted octanol–water partition coefficient (Wildman–Crippen LogP) is 4.91. The Morgan fingerprint density at radius 1 is 1.03 bits per heavy atom. The molecular formula is C25H44O5Si. The van der Waals surface area contributed by atoms with Crippen molar-refractivity contribution in [2.75, 3.05) is 13.2 Å². The van der Waals surface area contributed by atoms with E-state index in [0.29, 0.717) is 29.7 Å². The lowest BCUT2D eigenvalue weighted by Crippen LogP contribution is -2.57. The summed E-state index contributed by atoms with van der Waals surface area (Å²) < 4.78 is 18.9. The molecule has 1 fully saturated rings. The fourth-order valence-electron chi connectivity index (χ4n) is 5.35. The lowest BCUT2D eigenvalue weighted by molar-refractivity contribution is -0.181. The van der Waals surface area contributed by atoms with Crippen molar-refractivity contribution >= 4 is 8.32 Å². The van der Waals surface area contributed by atoms with Crippen molar-refractivity contribution in [3.63, 3.8) is 0 Å². The highest BCUT2D eigenvalue weighted by Gasteiger charge is 2.49. The van der Waals surface area contributed by atoms with Crippen molar-refractivity contribution in [1.82, 2.24) is 0 Å². The summed E-state index contributed by atoms with van der Waals surface area (Å²) in [6.45, 7) is 16.4. The Morgan fingerprint density at radius 2 is 1.61 bits per heavy atom. The van der Waals surface area contributed by atoms with Crippen LogP contribution in [-0.2, 0) is 20.5 Å². The summed E-state index contributed by atoms with van der Waals surface area (Å²) in [5.74, 6) is 0.0711.